The molecule has 0 saturated heterocycles. The molecular formula is C11H13FO2. The van der Waals surface area contributed by atoms with Crippen LogP contribution in [0.4, 0.5) is 4.39 Å². The van der Waals surface area contributed by atoms with E-state index in [1.165, 1.54) is 0 Å². The summed E-state index contributed by atoms with van der Waals surface area (Å²) in [7, 11) is 0. The van der Waals surface area contributed by atoms with Gasteiger partial charge in [-0.1, -0.05) is 30.3 Å². The fourth-order valence-electron chi connectivity index (χ4n) is 1.37. The summed E-state index contributed by atoms with van der Waals surface area (Å²) in [4.78, 5) is 11.0. The molecule has 0 fully saturated rings. The highest BCUT2D eigenvalue weighted by atomic mass is 19.1. The molecule has 1 atom stereocenters. The third-order valence-electron chi connectivity index (χ3n) is 2.48. The van der Waals surface area contributed by atoms with Crippen molar-refractivity contribution < 1.29 is 14.3 Å². The minimum Gasteiger partial charge on any atom is -0.481 e. The number of hydrogen-bond acceptors (Lipinski definition) is 1. The van der Waals surface area contributed by atoms with E-state index in [9.17, 15) is 9.18 Å². The van der Waals surface area contributed by atoms with Crippen molar-refractivity contribution in [1.82, 2.24) is 0 Å². The van der Waals surface area contributed by atoms with E-state index < -0.39 is 18.1 Å². The van der Waals surface area contributed by atoms with Crippen LogP contribution < -0.4 is 0 Å². The molecule has 0 amide bonds. The van der Waals surface area contributed by atoms with Gasteiger partial charge in [0, 0.05) is 0 Å². The Hall–Kier alpha value is -1.38. The van der Waals surface area contributed by atoms with Crippen LogP contribution in [0.25, 0.3) is 0 Å². The third-order valence-corrected chi connectivity index (χ3v) is 2.48. The SMILES string of the molecule is CC(CCF)(C(=O)O)c1ccccc1. The van der Waals surface area contributed by atoms with Crippen LogP contribution in [-0.4, -0.2) is 17.8 Å². The molecule has 2 nitrogen and oxygen atoms in total. The zero-order chi connectivity index (χ0) is 10.6. The van der Waals surface area contributed by atoms with Crippen molar-refractivity contribution in [2.75, 3.05) is 6.67 Å². The molecule has 0 aliphatic carbocycles. The Morgan fingerprint density at radius 2 is 2.00 bits per heavy atom. The van der Waals surface area contributed by atoms with Crippen LogP contribution in [0, 0.1) is 0 Å². The molecule has 0 aliphatic heterocycles. The van der Waals surface area contributed by atoms with Gasteiger partial charge in [0.15, 0.2) is 0 Å². The summed E-state index contributed by atoms with van der Waals surface area (Å²) in [5.41, 5.74) is -0.471. The van der Waals surface area contributed by atoms with Crippen molar-refractivity contribution in [1.29, 1.82) is 0 Å². The number of carbonyl (C=O) groups is 1. The first-order valence-electron chi connectivity index (χ1n) is 4.46. The minimum absolute atomic E-state index is 0.00630. The number of hydrogen-bond donors (Lipinski definition) is 1. The molecule has 0 heterocycles. The molecule has 1 rings (SSSR count). The lowest BCUT2D eigenvalue weighted by Gasteiger charge is -2.23. The van der Waals surface area contributed by atoms with Gasteiger partial charge in [-0.25, -0.2) is 0 Å². The first kappa shape index (κ1) is 10.7. The van der Waals surface area contributed by atoms with Gasteiger partial charge < -0.3 is 5.11 Å². The highest BCUT2D eigenvalue weighted by Gasteiger charge is 2.34. The quantitative estimate of drug-likeness (QED) is 0.802. The highest BCUT2D eigenvalue weighted by molar-refractivity contribution is 5.80. The predicted molar refractivity (Wildman–Crippen MR) is 52.0 cm³/mol. The molecule has 1 N–H and O–H groups in total. The van der Waals surface area contributed by atoms with Gasteiger partial charge in [0.25, 0.3) is 0 Å². The van der Waals surface area contributed by atoms with Crippen LogP contribution in [0.1, 0.15) is 18.9 Å². The summed E-state index contributed by atoms with van der Waals surface area (Å²) in [5.74, 6) is -0.985. The van der Waals surface area contributed by atoms with E-state index in [1.807, 2.05) is 0 Å². The number of halogens is 1. The van der Waals surface area contributed by atoms with E-state index >= 15 is 0 Å². The first-order valence-corrected chi connectivity index (χ1v) is 4.46. The van der Waals surface area contributed by atoms with E-state index in [0.29, 0.717) is 5.56 Å². The van der Waals surface area contributed by atoms with E-state index in [1.54, 1.807) is 37.3 Å². The molecular weight excluding hydrogens is 183 g/mol. The van der Waals surface area contributed by atoms with Gasteiger partial charge in [-0.2, -0.15) is 0 Å². The van der Waals surface area contributed by atoms with Gasteiger partial charge in [-0.05, 0) is 18.9 Å². The average Bonchev–Trinajstić information content (AvgIpc) is 2.19. The van der Waals surface area contributed by atoms with Crippen LogP contribution in [0.2, 0.25) is 0 Å². The predicted octanol–water partition coefficient (Wildman–Crippen LogP) is 2.39. The second-order valence-electron chi connectivity index (χ2n) is 3.44. The van der Waals surface area contributed by atoms with Crippen LogP contribution in [-0.2, 0) is 10.2 Å². The summed E-state index contributed by atoms with van der Waals surface area (Å²) >= 11 is 0. The summed E-state index contributed by atoms with van der Waals surface area (Å²) in [6.45, 7) is 0.919. The molecule has 0 spiro atoms. The molecule has 1 aromatic rings. The van der Waals surface area contributed by atoms with Crippen molar-refractivity contribution in [2.24, 2.45) is 0 Å². The average molecular weight is 196 g/mol. The molecule has 14 heavy (non-hydrogen) atoms. The Morgan fingerprint density at radius 3 is 2.43 bits per heavy atom. The van der Waals surface area contributed by atoms with E-state index in [2.05, 4.69) is 0 Å². The number of aliphatic carboxylic acids is 1. The summed E-state index contributed by atoms with van der Waals surface area (Å²) in [6, 6.07) is 8.75. The lowest BCUT2D eigenvalue weighted by molar-refractivity contribution is -0.143. The lowest BCUT2D eigenvalue weighted by atomic mass is 9.80. The highest BCUT2D eigenvalue weighted by Crippen LogP contribution is 2.27. The first-order chi connectivity index (χ1) is 6.61. The standard InChI is InChI=1S/C11H13FO2/c1-11(7-8-12,10(13)14)9-5-3-2-4-6-9/h2-6H,7-8H2,1H3,(H,13,14). The van der Waals surface area contributed by atoms with Crippen molar-refractivity contribution in [3.8, 4) is 0 Å². The number of carboxylic acid groups (broad SMARTS) is 1. The van der Waals surface area contributed by atoms with Gasteiger partial charge in [0.1, 0.15) is 0 Å². The minimum atomic E-state index is -1.12. The second kappa shape index (κ2) is 4.22. The zero-order valence-electron chi connectivity index (χ0n) is 8.03. The van der Waals surface area contributed by atoms with Gasteiger partial charge in [0.05, 0.1) is 12.1 Å². The Bertz CT molecular complexity index is 310. The third kappa shape index (κ3) is 1.92. The fraction of sp³-hybridized carbons (Fsp3) is 0.364. The lowest BCUT2D eigenvalue weighted by Crippen LogP contribution is -2.32. The molecule has 0 aliphatic rings. The maximum Gasteiger partial charge on any atom is 0.313 e. The number of alkyl halides is 1. The Balaban J connectivity index is 3.06. The molecule has 0 aromatic heterocycles. The van der Waals surface area contributed by atoms with E-state index in [4.69, 9.17) is 5.11 Å². The molecule has 1 unspecified atom stereocenters. The van der Waals surface area contributed by atoms with Gasteiger partial charge in [-0.3, -0.25) is 9.18 Å². The Kier molecular flexibility index (Phi) is 3.23. The smallest absolute Gasteiger partial charge is 0.313 e. The topological polar surface area (TPSA) is 37.3 Å². The van der Waals surface area contributed by atoms with E-state index in [-0.39, 0.29) is 6.42 Å². The van der Waals surface area contributed by atoms with Gasteiger partial charge in [0.2, 0.25) is 0 Å². The van der Waals surface area contributed by atoms with Gasteiger partial charge >= 0.3 is 5.97 Å². The maximum atomic E-state index is 12.3. The fourth-order valence-corrected chi connectivity index (χ4v) is 1.37. The molecule has 1 aromatic carbocycles. The van der Waals surface area contributed by atoms with Crippen molar-refractivity contribution in [3.05, 3.63) is 35.9 Å². The Labute approximate surface area is 82.4 Å². The van der Waals surface area contributed by atoms with Crippen LogP contribution in [0.15, 0.2) is 30.3 Å². The molecule has 0 bridgehead atoms. The maximum absolute atomic E-state index is 12.3. The number of carboxylic acids is 1. The molecule has 3 heteroatoms. The van der Waals surface area contributed by atoms with Crippen LogP contribution in [0.3, 0.4) is 0 Å². The number of rotatable bonds is 4. The summed E-state index contributed by atoms with van der Waals surface area (Å²) < 4.78 is 12.3. The number of benzene rings is 1. The monoisotopic (exact) mass is 196 g/mol. The zero-order valence-corrected chi connectivity index (χ0v) is 8.03. The summed E-state index contributed by atoms with van der Waals surface area (Å²) in [6.07, 6.45) is 0.00630. The van der Waals surface area contributed by atoms with Crippen molar-refractivity contribution in [3.63, 3.8) is 0 Å². The second-order valence-corrected chi connectivity index (χ2v) is 3.44. The van der Waals surface area contributed by atoms with Crippen molar-refractivity contribution >= 4 is 5.97 Å². The Morgan fingerprint density at radius 1 is 1.43 bits per heavy atom. The molecule has 0 saturated carbocycles. The molecule has 0 radical (unpaired) electrons. The van der Waals surface area contributed by atoms with Crippen LogP contribution >= 0.6 is 0 Å². The van der Waals surface area contributed by atoms with Gasteiger partial charge in [-0.15, -0.1) is 0 Å². The van der Waals surface area contributed by atoms with Crippen molar-refractivity contribution in [2.45, 2.75) is 18.8 Å². The largest absolute Gasteiger partial charge is 0.481 e. The van der Waals surface area contributed by atoms with E-state index in [0.717, 1.165) is 0 Å². The van der Waals surface area contributed by atoms with Crippen LogP contribution in [0.5, 0.6) is 0 Å². The molecule has 76 valence electrons. The summed E-state index contributed by atoms with van der Waals surface area (Å²) in [5, 5.41) is 9.05. The normalized spacial score (nSPS) is 14.7.